The highest BCUT2D eigenvalue weighted by atomic mass is 32.1. The van der Waals surface area contributed by atoms with Crippen molar-refractivity contribution in [2.45, 2.75) is 32.7 Å². The predicted octanol–water partition coefficient (Wildman–Crippen LogP) is 3.86. The molecule has 0 unspecified atom stereocenters. The van der Waals surface area contributed by atoms with Crippen LogP contribution in [-0.2, 0) is 27.3 Å². The zero-order chi connectivity index (χ0) is 21.5. The van der Waals surface area contributed by atoms with E-state index in [0.29, 0.717) is 4.80 Å². The topological polar surface area (TPSA) is 69.9 Å². The Bertz CT molecular complexity index is 1120. The van der Waals surface area contributed by atoms with Gasteiger partial charge < -0.3 is 14.0 Å². The molecule has 158 valence electrons. The number of hydrogen-bond donors (Lipinski definition) is 0. The van der Waals surface area contributed by atoms with E-state index in [1.165, 1.54) is 42.2 Å². The number of nitrogens with zero attached hydrogens (tertiary/aromatic N) is 2. The summed E-state index contributed by atoms with van der Waals surface area (Å²) in [5.41, 5.74) is 1.99. The zero-order valence-corrected chi connectivity index (χ0v) is 17.7. The Kier molecular flexibility index (Phi) is 7.35. The maximum atomic E-state index is 13.7. The molecule has 30 heavy (non-hydrogen) atoms. The number of rotatable bonds is 8. The molecule has 0 aliphatic rings. The van der Waals surface area contributed by atoms with E-state index in [2.05, 4.69) is 18.0 Å². The maximum absolute atomic E-state index is 13.7. The van der Waals surface area contributed by atoms with Crippen LogP contribution < -0.4 is 9.54 Å². The van der Waals surface area contributed by atoms with Crippen molar-refractivity contribution in [3.05, 3.63) is 58.6 Å². The molecule has 0 saturated carbocycles. The molecule has 3 rings (SSSR count). The van der Waals surface area contributed by atoms with Gasteiger partial charge in [-0.25, -0.2) is 4.39 Å². The predicted molar refractivity (Wildman–Crippen MR) is 113 cm³/mol. The van der Waals surface area contributed by atoms with Gasteiger partial charge in [0.2, 0.25) is 0 Å². The number of methoxy groups -OCH3 is 1. The van der Waals surface area contributed by atoms with E-state index in [0.717, 1.165) is 29.5 Å². The molecule has 3 aromatic rings. The maximum Gasteiger partial charge on any atom is 0.325 e. The molecule has 0 atom stereocenters. The fraction of sp³-hybridized carbons (Fsp3) is 0.318. The minimum Gasteiger partial charge on any atom is -0.481 e. The number of thiazole rings is 1. The first-order valence-electron chi connectivity index (χ1n) is 9.65. The number of esters is 1. The summed E-state index contributed by atoms with van der Waals surface area (Å²) in [6.45, 7) is 1.67. The second-order valence-corrected chi connectivity index (χ2v) is 7.69. The average molecular weight is 431 g/mol. The third-order valence-electron chi connectivity index (χ3n) is 4.49. The van der Waals surface area contributed by atoms with Gasteiger partial charge in [-0.15, -0.1) is 0 Å². The molecule has 0 aliphatic carbocycles. The number of para-hydroxylation sites is 1. The van der Waals surface area contributed by atoms with Gasteiger partial charge in [-0.05, 0) is 42.7 Å². The molecule has 0 bridgehead atoms. The lowest BCUT2D eigenvalue weighted by molar-refractivity contribution is -0.141. The van der Waals surface area contributed by atoms with Gasteiger partial charge in [0.05, 0.1) is 17.3 Å². The smallest absolute Gasteiger partial charge is 0.325 e. The number of fused-ring (bicyclic) bond motifs is 1. The molecular weight excluding hydrogens is 407 g/mol. The molecule has 0 spiro atoms. The molecule has 1 aromatic heterocycles. The van der Waals surface area contributed by atoms with Gasteiger partial charge in [0.1, 0.15) is 6.54 Å². The number of aromatic nitrogens is 1. The summed E-state index contributed by atoms with van der Waals surface area (Å²) < 4.78 is 26.2. The number of unbranched alkanes of at least 4 members (excludes halogenated alkanes) is 1. The molecule has 6 nitrogen and oxygen atoms in total. The number of ether oxygens (including phenoxy) is 2. The third-order valence-corrected chi connectivity index (χ3v) is 5.53. The van der Waals surface area contributed by atoms with Crippen molar-refractivity contribution in [3.8, 4) is 5.75 Å². The van der Waals surface area contributed by atoms with Gasteiger partial charge in [-0.1, -0.05) is 42.9 Å². The van der Waals surface area contributed by atoms with Crippen molar-refractivity contribution < 1.29 is 23.5 Å². The number of hydrogen-bond acceptors (Lipinski definition) is 5. The van der Waals surface area contributed by atoms with E-state index in [1.807, 2.05) is 12.1 Å². The molecule has 8 heteroatoms. The van der Waals surface area contributed by atoms with E-state index in [1.54, 1.807) is 10.6 Å². The SMILES string of the molecule is CCCCc1ccc2c(c1)sc(=NC(=O)COc1ccccc1F)n2CC(=O)OC. The summed E-state index contributed by atoms with van der Waals surface area (Å²) in [6, 6.07) is 11.9. The summed E-state index contributed by atoms with van der Waals surface area (Å²) in [4.78, 5) is 28.7. The highest BCUT2D eigenvalue weighted by molar-refractivity contribution is 7.16. The lowest BCUT2D eigenvalue weighted by Gasteiger charge is -2.05. The Morgan fingerprint density at radius 3 is 2.73 bits per heavy atom. The zero-order valence-electron chi connectivity index (χ0n) is 16.9. The Morgan fingerprint density at radius 2 is 2.00 bits per heavy atom. The first-order valence-corrected chi connectivity index (χ1v) is 10.5. The second kappa shape index (κ2) is 10.2. The van der Waals surface area contributed by atoms with E-state index < -0.39 is 24.3 Å². The first kappa shape index (κ1) is 21.7. The van der Waals surface area contributed by atoms with E-state index >= 15 is 0 Å². The molecule has 2 aromatic carbocycles. The van der Waals surface area contributed by atoms with Crippen LogP contribution in [0.2, 0.25) is 0 Å². The lowest BCUT2D eigenvalue weighted by atomic mass is 10.1. The molecule has 1 amide bonds. The highest BCUT2D eigenvalue weighted by Crippen LogP contribution is 2.21. The van der Waals surface area contributed by atoms with Crippen LogP contribution in [0, 0.1) is 5.82 Å². The highest BCUT2D eigenvalue weighted by Gasteiger charge is 2.13. The summed E-state index contributed by atoms with van der Waals surface area (Å²) >= 11 is 1.32. The number of carbonyl (C=O) groups excluding carboxylic acids is 2. The summed E-state index contributed by atoms with van der Waals surface area (Å²) in [5, 5.41) is 0. The minimum absolute atomic E-state index is 0.0135. The average Bonchev–Trinajstić information content (AvgIpc) is 3.07. The molecule has 0 aliphatic heterocycles. The van der Waals surface area contributed by atoms with Gasteiger partial charge in [0.25, 0.3) is 5.91 Å². The van der Waals surface area contributed by atoms with Crippen LogP contribution in [0.15, 0.2) is 47.5 Å². The van der Waals surface area contributed by atoms with Crippen LogP contribution in [0.4, 0.5) is 4.39 Å². The first-order chi connectivity index (χ1) is 14.5. The Hall–Kier alpha value is -3.00. The van der Waals surface area contributed by atoms with Gasteiger partial charge in [-0.2, -0.15) is 4.99 Å². The van der Waals surface area contributed by atoms with Crippen LogP contribution >= 0.6 is 11.3 Å². The molecule has 0 fully saturated rings. The van der Waals surface area contributed by atoms with Gasteiger partial charge in [0.15, 0.2) is 23.0 Å². The van der Waals surface area contributed by atoms with Crippen LogP contribution in [-0.4, -0.2) is 30.2 Å². The second-order valence-electron chi connectivity index (χ2n) is 6.68. The fourth-order valence-corrected chi connectivity index (χ4v) is 4.04. The normalized spacial score (nSPS) is 11.6. The Morgan fingerprint density at radius 1 is 1.20 bits per heavy atom. The van der Waals surface area contributed by atoms with Crippen LogP contribution in [0.25, 0.3) is 10.2 Å². The monoisotopic (exact) mass is 430 g/mol. The largest absolute Gasteiger partial charge is 0.481 e. The molecule has 0 N–H and O–H groups in total. The van der Waals surface area contributed by atoms with Crippen LogP contribution in [0.3, 0.4) is 0 Å². The standard InChI is InChI=1S/C22H23FN2O4S/c1-3-4-7-15-10-11-17-19(12-15)30-22(25(17)13-21(27)28-2)24-20(26)14-29-18-9-6-5-8-16(18)23/h5-6,8-12H,3-4,7,13-14H2,1-2H3. The quantitative estimate of drug-likeness (QED) is 0.509. The summed E-state index contributed by atoms with van der Waals surface area (Å²) in [6.07, 6.45) is 3.15. The Labute approximate surface area is 177 Å². The Balaban J connectivity index is 1.91. The number of carbonyl (C=O) groups is 2. The van der Waals surface area contributed by atoms with Gasteiger partial charge >= 0.3 is 5.97 Å². The van der Waals surface area contributed by atoms with Crippen LogP contribution in [0.1, 0.15) is 25.3 Å². The van der Waals surface area contributed by atoms with Gasteiger partial charge in [0, 0.05) is 0 Å². The van der Waals surface area contributed by atoms with E-state index in [4.69, 9.17) is 9.47 Å². The molecule has 0 radical (unpaired) electrons. The van der Waals surface area contributed by atoms with Crippen molar-refractivity contribution in [2.24, 2.45) is 4.99 Å². The number of amides is 1. The number of halogens is 1. The van der Waals surface area contributed by atoms with Gasteiger partial charge in [-0.3, -0.25) is 9.59 Å². The van der Waals surface area contributed by atoms with Crippen molar-refractivity contribution in [1.29, 1.82) is 0 Å². The van der Waals surface area contributed by atoms with Crippen molar-refractivity contribution in [3.63, 3.8) is 0 Å². The van der Waals surface area contributed by atoms with Crippen molar-refractivity contribution in [2.75, 3.05) is 13.7 Å². The molecule has 0 saturated heterocycles. The number of benzene rings is 2. The van der Waals surface area contributed by atoms with Crippen LogP contribution in [0.5, 0.6) is 5.75 Å². The molecule has 1 heterocycles. The lowest BCUT2D eigenvalue weighted by Crippen LogP contribution is -2.23. The summed E-state index contributed by atoms with van der Waals surface area (Å²) in [5.74, 6) is -1.58. The van der Waals surface area contributed by atoms with Crippen molar-refractivity contribution >= 4 is 33.4 Å². The van der Waals surface area contributed by atoms with Crippen molar-refractivity contribution in [1.82, 2.24) is 4.57 Å². The third kappa shape index (κ3) is 5.33. The van der Waals surface area contributed by atoms with E-state index in [-0.39, 0.29) is 12.3 Å². The fourth-order valence-electron chi connectivity index (χ4n) is 2.93. The molecular formula is C22H23FN2O4S. The van der Waals surface area contributed by atoms with E-state index in [9.17, 15) is 14.0 Å². The minimum atomic E-state index is -0.574. The number of aryl methyl sites for hydroxylation is 1. The summed E-state index contributed by atoms with van der Waals surface area (Å²) in [7, 11) is 1.31.